The second-order valence-corrected chi connectivity index (χ2v) is 5.24. The Morgan fingerprint density at radius 1 is 1.32 bits per heavy atom. The van der Waals surface area contributed by atoms with Crippen molar-refractivity contribution in [3.05, 3.63) is 35.6 Å². The lowest BCUT2D eigenvalue weighted by atomic mass is 9.95. The summed E-state index contributed by atoms with van der Waals surface area (Å²) in [7, 11) is 0. The molecule has 1 amide bonds. The maximum atomic E-state index is 12.9. The zero-order chi connectivity index (χ0) is 13.7. The van der Waals surface area contributed by atoms with E-state index in [4.69, 9.17) is 5.73 Å². The molecule has 2 rings (SSSR count). The first-order valence-corrected chi connectivity index (χ1v) is 6.94. The smallest absolute Gasteiger partial charge is 0.220 e. The minimum atomic E-state index is -0.269. The van der Waals surface area contributed by atoms with Crippen LogP contribution in [0.25, 0.3) is 0 Å². The van der Waals surface area contributed by atoms with Crippen LogP contribution >= 0.6 is 0 Å². The summed E-state index contributed by atoms with van der Waals surface area (Å²) < 4.78 is 12.9. The molecule has 1 aliphatic carbocycles. The molecule has 3 N–H and O–H groups in total. The average Bonchev–Trinajstić information content (AvgIpc) is 2.90. The highest BCUT2D eigenvalue weighted by Crippen LogP contribution is 2.21. The SMILES string of the molecule is NCC(CC(=O)NC1CCCC1)c1ccc(F)cc1. The van der Waals surface area contributed by atoms with Gasteiger partial charge in [0.05, 0.1) is 0 Å². The van der Waals surface area contributed by atoms with Crippen molar-refractivity contribution in [1.29, 1.82) is 0 Å². The minimum Gasteiger partial charge on any atom is -0.353 e. The van der Waals surface area contributed by atoms with Crippen LogP contribution in [-0.4, -0.2) is 18.5 Å². The van der Waals surface area contributed by atoms with Crippen molar-refractivity contribution in [2.45, 2.75) is 44.1 Å². The van der Waals surface area contributed by atoms with Gasteiger partial charge in [-0.2, -0.15) is 0 Å². The van der Waals surface area contributed by atoms with Crippen LogP contribution in [-0.2, 0) is 4.79 Å². The highest BCUT2D eigenvalue weighted by molar-refractivity contribution is 5.77. The van der Waals surface area contributed by atoms with Crippen molar-refractivity contribution in [3.63, 3.8) is 0 Å². The topological polar surface area (TPSA) is 55.1 Å². The molecule has 1 aromatic carbocycles. The van der Waals surface area contributed by atoms with Gasteiger partial charge in [-0.25, -0.2) is 4.39 Å². The number of hydrogen-bond acceptors (Lipinski definition) is 2. The molecule has 0 spiro atoms. The van der Waals surface area contributed by atoms with E-state index in [1.165, 1.54) is 25.0 Å². The van der Waals surface area contributed by atoms with Crippen LogP contribution in [0.15, 0.2) is 24.3 Å². The number of amides is 1. The maximum Gasteiger partial charge on any atom is 0.220 e. The Labute approximate surface area is 113 Å². The second kappa shape index (κ2) is 6.66. The quantitative estimate of drug-likeness (QED) is 0.857. The molecule has 1 saturated carbocycles. The number of hydrogen-bond donors (Lipinski definition) is 2. The predicted octanol–water partition coefficient (Wildman–Crippen LogP) is 2.32. The lowest BCUT2D eigenvalue weighted by molar-refractivity contribution is -0.122. The molecule has 1 atom stereocenters. The Balaban J connectivity index is 1.90. The highest BCUT2D eigenvalue weighted by atomic mass is 19.1. The molecule has 1 aromatic rings. The molecule has 0 heterocycles. The van der Waals surface area contributed by atoms with E-state index in [0.717, 1.165) is 18.4 Å². The van der Waals surface area contributed by atoms with Crippen molar-refractivity contribution in [3.8, 4) is 0 Å². The van der Waals surface area contributed by atoms with Gasteiger partial charge in [0.2, 0.25) is 5.91 Å². The number of benzene rings is 1. The lowest BCUT2D eigenvalue weighted by Gasteiger charge is -2.17. The number of carbonyl (C=O) groups excluding carboxylic acids is 1. The lowest BCUT2D eigenvalue weighted by Crippen LogP contribution is -2.34. The van der Waals surface area contributed by atoms with Crippen molar-refractivity contribution >= 4 is 5.91 Å². The first-order valence-electron chi connectivity index (χ1n) is 6.94. The van der Waals surface area contributed by atoms with Crippen molar-refractivity contribution in [1.82, 2.24) is 5.32 Å². The van der Waals surface area contributed by atoms with E-state index >= 15 is 0 Å². The van der Waals surface area contributed by atoms with E-state index < -0.39 is 0 Å². The Morgan fingerprint density at radius 3 is 2.53 bits per heavy atom. The van der Waals surface area contributed by atoms with Gasteiger partial charge in [-0.15, -0.1) is 0 Å². The summed E-state index contributed by atoms with van der Waals surface area (Å²) in [6.07, 6.45) is 4.93. The van der Waals surface area contributed by atoms with E-state index in [-0.39, 0.29) is 17.6 Å². The van der Waals surface area contributed by atoms with E-state index in [1.54, 1.807) is 12.1 Å². The van der Waals surface area contributed by atoms with Crippen molar-refractivity contribution < 1.29 is 9.18 Å². The van der Waals surface area contributed by atoms with Gasteiger partial charge in [-0.05, 0) is 37.1 Å². The van der Waals surface area contributed by atoms with Crippen LogP contribution in [0.4, 0.5) is 4.39 Å². The summed E-state index contributed by atoms with van der Waals surface area (Å²) in [6.45, 7) is 0.393. The number of halogens is 1. The Hall–Kier alpha value is -1.42. The third-order valence-corrected chi connectivity index (χ3v) is 3.78. The van der Waals surface area contributed by atoms with Gasteiger partial charge < -0.3 is 11.1 Å². The number of rotatable bonds is 5. The summed E-state index contributed by atoms with van der Waals surface area (Å²) in [6, 6.07) is 6.56. The van der Waals surface area contributed by atoms with Crippen LogP contribution in [0, 0.1) is 5.82 Å². The number of carbonyl (C=O) groups is 1. The molecule has 0 bridgehead atoms. The maximum absolute atomic E-state index is 12.9. The molecule has 3 nitrogen and oxygen atoms in total. The standard InChI is InChI=1S/C15H21FN2O/c16-13-7-5-11(6-8-13)12(10-17)9-15(19)18-14-3-1-2-4-14/h5-8,12,14H,1-4,9-10,17H2,(H,18,19). The van der Waals surface area contributed by atoms with Crippen molar-refractivity contribution in [2.75, 3.05) is 6.54 Å². The van der Waals surface area contributed by atoms with Crippen LogP contribution < -0.4 is 11.1 Å². The molecule has 4 heteroatoms. The van der Waals surface area contributed by atoms with Gasteiger partial charge in [0.15, 0.2) is 0 Å². The van der Waals surface area contributed by atoms with Gasteiger partial charge in [0, 0.05) is 18.4 Å². The predicted molar refractivity (Wildman–Crippen MR) is 73.2 cm³/mol. The van der Waals surface area contributed by atoms with Crippen LogP contribution in [0.1, 0.15) is 43.6 Å². The zero-order valence-electron chi connectivity index (χ0n) is 11.1. The fraction of sp³-hybridized carbons (Fsp3) is 0.533. The molecular formula is C15H21FN2O. The zero-order valence-corrected chi connectivity index (χ0v) is 11.1. The molecule has 104 valence electrons. The average molecular weight is 264 g/mol. The van der Waals surface area contributed by atoms with Gasteiger partial charge in [0.25, 0.3) is 0 Å². The molecule has 0 aromatic heterocycles. The van der Waals surface area contributed by atoms with E-state index in [2.05, 4.69) is 5.32 Å². The third kappa shape index (κ3) is 4.03. The summed E-state index contributed by atoms with van der Waals surface area (Å²) >= 11 is 0. The van der Waals surface area contributed by atoms with E-state index in [1.807, 2.05) is 0 Å². The first kappa shape index (κ1) is 14.0. The molecule has 1 fully saturated rings. The van der Waals surface area contributed by atoms with Gasteiger partial charge in [-0.1, -0.05) is 25.0 Å². The second-order valence-electron chi connectivity index (χ2n) is 5.24. The first-order chi connectivity index (χ1) is 9.19. The van der Waals surface area contributed by atoms with Gasteiger partial charge in [0.1, 0.15) is 5.82 Å². The van der Waals surface area contributed by atoms with Crippen LogP contribution in [0.5, 0.6) is 0 Å². The van der Waals surface area contributed by atoms with Gasteiger partial charge in [-0.3, -0.25) is 4.79 Å². The largest absolute Gasteiger partial charge is 0.353 e. The Morgan fingerprint density at radius 2 is 1.95 bits per heavy atom. The number of nitrogens with two attached hydrogens (primary N) is 1. The molecule has 0 aliphatic heterocycles. The monoisotopic (exact) mass is 264 g/mol. The van der Waals surface area contributed by atoms with Crippen LogP contribution in [0.2, 0.25) is 0 Å². The fourth-order valence-electron chi connectivity index (χ4n) is 2.65. The van der Waals surface area contributed by atoms with Crippen molar-refractivity contribution in [2.24, 2.45) is 5.73 Å². The summed E-state index contributed by atoms with van der Waals surface area (Å²) in [5.41, 5.74) is 6.65. The molecule has 19 heavy (non-hydrogen) atoms. The Kier molecular flexibility index (Phi) is 4.91. The molecule has 1 unspecified atom stereocenters. The summed E-state index contributed by atoms with van der Waals surface area (Å²) in [5, 5.41) is 3.06. The molecule has 0 saturated heterocycles. The normalized spacial score (nSPS) is 17.4. The van der Waals surface area contributed by atoms with E-state index in [0.29, 0.717) is 19.0 Å². The minimum absolute atomic E-state index is 0.0398. The molecule has 1 aliphatic rings. The van der Waals surface area contributed by atoms with E-state index in [9.17, 15) is 9.18 Å². The Bertz CT molecular complexity index is 413. The third-order valence-electron chi connectivity index (χ3n) is 3.78. The summed E-state index contributed by atoms with van der Waals surface area (Å²) in [5.74, 6) is -0.261. The highest BCUT2D eigenvalue weighted by Gasteiger charge is 2.20. The number of nitrogens with one attached hydrogen (secondary N) is 1. The fourth-order valence-corrected chi connectivity index (χ4v) is 2.65. The summed E-state index contributed by atoms with van der Waals surface area (Å²) in [4.78, 5) is 12.0. The van der Waals surface area contributed by atoms with Crippen LogP contribution in [0.3, 0.4) is 0 Å². The van der Waals surface area contributed by atoms with Gasteiger partial charge >= 0.3 is 0 Å². The molecule has 0 radical (unpaired) electrons. The molecular weight excluding hydrogens is 243 g/mol.